The molecule has 4 rings (SSSR count). The number of aromatic nitrogens is 3. The van der Waals surface area contributed by atoms with Crippen LogP contribution in [0.2, 0.25) is 5.28 Å². The smallest absolute Gasteiger partial charge is 0.232 e. The van der Waals surface area contributed by atoms with Crippen LogP contribution in [-0.4, -0.2) is 22.4 Å². The van der Waals surface area contributed by atoms with E-state index in [-0.39, 0.29) is 10.2 Å². The zero-order chi connectivity index (χ0) is 18.3. The Hall–Kier alpha value is -1.97. The highest BCUT2D eigenvalue weighted by molar-refractivity contribution is 14.1. The number of hydrogen-bond acceptors (Lipinski definition) is 4. The molecule has 2 aromatic carbocycles. The predicted octanol–water partition coefficient (Wildman–Crippen LogP) is 4.59. The Morgan fingerprint density at radius 2 is 1.69 bits per heavy atom. The summed E-state index contributed by atoms with van der Waals surface area (Å²) in [4.78, 5) is 8.43. The average Bonchev–Trinajstić information content (AvgIpc) is 3.04. The summed E-state index contributed by atoms with van der Waals surface area (Å²) in [6, 6.07) is 17.4. The van der Waals surface area contributed by atoms with Crippen LogP contribution in [0.25, 0.3) is 22.3 Å². The molecule has 26 heavy (non-hydrogen) atoms. The van der Waals surface area contributed by atoms with Crippen molar-refractivity contribution in [3.63, 3.8) is 0 Å². The maximum atomic E-state index is 13.4. The molecule has 0 N–H and O–H groups in total. The summed E-state index contributed by atoms with van der Waals surface area (Å²) in [7, 11) is -3.82. The Labute approximate surface area is 168 Å². The van der Waals surface area contributed by atoms with Crippen LogP contribution in [0.15, 0.2) is 71.8 Å². The highest BCUT2D eigenvalue weighted by atomic mass is 127. The Balaban J connectivity index is 2.10. The van der Waals surface area contributed by atoms with E-state index in [0.29, 0.717) is 20.5 Å². The third-order valence-electron chi connectivity index (χ3n) is 3.91. The van der Waals surface area contributed by atoms with Crippen LogP contribution in [0, 0.1) is 3.57 Å². The van der Waals surface area contributed by atoms with Crippen molar-refractivity contribution in [2.75, 3.05) is 0 Å². The minimum Gasteiger partial charge on any atom is -0.232 e. The normalized spacial score (nSPS) is 11.8. The van der Waals surface area contributed by atoms with Gasteiger partial charge in [-0.1, -0.05) is 36.4 Å². The van der Waals surface area contributed by atoms with E-state index >= 15 is 0 Å². The summed E-state index contributed by atoms with van der Waals surface area (Å²) in [5.41, 5.74) is 1.50. The van der Waals surface area contributed by atoms with Gasteiger partial charge in [0, 0.05) is 11.6 Å². The van der Waals surface area contributed by atoms with Crippen molar-refractivity contribution in [1.82, 2.24) is 13.9 Å². The van der Waals surface area contributed by atoms with E-state index in [0.717, 1.165) is 5.39 Å². The van der Waals surface area contributed by atoms with E-state index in [4.69, 9.17) is 11.6 Å². The summed E-state index contributed by atoms with van der Waals surface area (Å²) in [6.45, 7) is 0. The van der Waals surface area contributed by atoms with E-state index in [1.54, 1.807) is 54.7 Å². The van der Waals surface area contributed by atoms with Gasteiger partial charge in [-0.3, -0.25) is 0 Å². The number of halogens is 2. The molecule has 0 radical (unpaired) electrons. The van der Waals surface area contributed by atoms with Crippen molar-refractivity contribution in [1.29, 1.82) is 0 Å². The summed E-state index contributed by atoms with van der Waals surface area (Å²) < 4.78 is 28.8. The van der Waals surface area contributed by atoms with Crippen molar-refractivity contribution in [3.8, 4) is 11.4 Å². The van der Waals surface area contributed by atoms with Crippen LogP contribution in [-0.2, 0) is 10.0 Å². The molecule has 2 aromatic heterocycles. The Morgan fingerprint density at radius 1 is 1.00 bits per heavy atom. The van der Waals surface area contributed by atoms with Crippen LogP contribution in [0.1, 0.15) is 0 Å². The molecule has 130 valence electrons. The van der Waals surface area contributed by atoms with Gasteiger partial charge in [-0.05, 0) is 58.5 Å². The lowest BCUT2D eigenvalue weighted by Crippen LogP contribution is -2.14. The topological polar surface area (TPSA) is 64.8 Å². The molecule has 0 bridgehead atoms. The molecular weight excluding hydrogens is 485 g/mol. The molecule has 0 saturated carbocycles. The van der Waals surface area contributed by atoms with Crippen molar-refractivity contribution in [3.05, 3.63) is 75.7 Å². The van der Waals surface area contributed by atoms with Crippen LogP contribution in [0.4, 0.5) is 0 Å². The standard InChI is InChI=1S/C18H11ClIN3O2S/c19-18-21-11-14(20)17(22-18)16-10-12-6-4-5-9-15(12)23(16)26(24,25)13-7-2-1-3-8-13/h1-11H. The largest absolute Gasteiger partial charge is 0.268 e. The quantitative estimate of drug-likeness (QED) is 0.308. The van der Waals surface area contributed by atoms with Gasteiger partial charge in [0.2, 0.25) is 5.28 Å². The van der Waals surface area contributed by atoms with Gasteiger partial charge in [-0.25, -0.2) is 22.4 Å². The molecular formula is C18H11ClIN3O2S. The number of hydrogen-bond donors (Lipinski definition) is 0. The number of benzene rings is 2. The fourth-order valence-corrected chi connectivity index (χ4v) is 4.98. The first-order valence-corrected chi connectivity index (χ1v) is 10.5. The van der Waals surface area contributed by atoms with Gasteiger partial charge < -0.3 is 0 Å². The van der Waals surface area contributed by atoms with E-state index in [1.807, 2.05) is 12.1 Å². The Morgan fingerprint density at radius 3 is 2.46 bits per heavy atom. The van der Waals surface area contributed by atoms with Crippen molar-refractivity contribution in [2.24, 2.45) is 0 Å². The third kappa shape index (κ3) is 2.89. The van der Waals surface area contributed by atoms with E-state index in [9.17, 15) is 8.42 Å². The number of para-hydroxylation sites is 1. The molecule has 0 unspecified atom stereocenters. The van der Waals surface area contributed by atoms with Crippen LogP contribution in [0.5, 0.6) is 0 Å². The van der Waals surface area contributed by atoms with Crippen LogP contribution < -0.4 is 0 Å². The highest BCUT2D eigenvalue weighted by Gasteiger charge is 2.25. The van der Waals surface area contributed by atoms with Gasteiger partial charge in [0.15, 0.2) is 0 Å². The van der Waals surface area contributed by atoms with Crippen molar-refractivity contribution in [2.45, 2.75) is 4.90 Å². The second-order valence-corrected chi connectivity index (χ2v) is 8.79. The summed E-state index contributed by atoms with van der Waals surface area (Å²) in [6.07, 6.45) is 1.57. The van der Waals surface area contributed by atoms with Gasteiger partial charge in [0.05, 0.1) is 19.7 Å². The lowest BCUT2D eigenvalue weighted by atomic mass is 10.2. The Bertz CT molecular complexity index is 1220. The van der Waals surface area contributed by atoms with E-state index in [2.05, 4.69) is 32.6 Å². The minimum atomic E-state index is -3.82. The zero-order valence-corrected chi connectivity index (χ0v) is 16.9. The van der Waals surface area contributed by atoms with Crippen molar-refractivity contribution < 1.29 is 8.42 Å². The molecule has 0 aliphatic carbocycles. The lowest BCUT2D eigenvalue weighted by Gasteiger charge is -2.12. The molecule has 0 amide bonds. The maximum Gasteiger partial charge on any atom is 0.268 e. The molecule has 0 fully saturated rings. The lowest BCUT2D eigenvalue weighted by molar-refractivity contribution is 0.589. The number of rotatable bonds is 3. The zero-order valence-electron chi connectivity index (χ0n) is 13.2. The Kier molecular flexibility index (Phi) is 4.45. The van der Waals surface area contributed by atoms with Gasteiger partial charge in [-0.15, -0.1) is 0 Å². The van der Waals surface area contributed by atoms with E-state index < -0.39 is 10.0 Å². The molecule has 5 nitrogen and oxygen atoms in total. The third-order valence-corrected chi connectivity index (χ3v) is 6.62. The first-order chi connectivity index (χ1) is 12.5. The molecule has 0 aliphatic heterocycles. The molecule has 0 atom stereocenters. The maximum absolute atomic E-state index is 13.4. The summed E-state index contributed by atoms with van der Waals surface area (Å²) in [5.74, 6) is 0. The van der Waals surface area contributed by atoms with Crippen LogP contribution in [0.3, 0.4) is 0 Å². The summed E-state index contributed by atoms with van der Waals surface area (Å²) in [5, 5.41) is 0.863. The van der Waals surface area contributed by atoms with Crippen molar-refractivity contribution >= 4 is 55.1 Å². The van der Waals surface area contributed by atoms with Gasteiger partial charge in [0.25, 0.3) is 10.0 Å². The fourth-order valence-electron chi connectivity index (χ4n) is 2.78. The predicted molar refractivity (Wildman–Crippen MR) is 110 cm³/mol. The highest BCUT2D eigenvalue weighted by Crippen LogP contribution is 2.33. The van der Waals surface area contributed by atoms with Gasteiger partial charge in [-0.2, -0.15) is 0 Å². The van der Waals surface area contributed by atoms with Gasteiger partial charge in [0.1, 0.15) is 5.69 Å². The molecule has 0 spiro atoms. The second kappa shape index (κ2) is 6.64. The van der Waals surface area contributed by atoms with E-state index in [1.165, 1.54) is 3.97 Å². The number of fused-ring (bicyclic) bond motifs is 1. The molecule has 2 heterocycles. The molecule has 0 aliphatic rings. The monoisotopic (exact) mass is 495 g/mol. The second-order valence-electron chi connectivity index (χ2n) is 5.51. The average molecular weight is 496 g/mol. The first kappa shape index (κ1) is 17.4. The van der Waals surface area contributed by atoms with Crippen LogP contribution >= 0.6 is 34.2 Å². The first-order valence-electron chi connectivity index (χ1n) is 7.58. The van der Waals surface area contributed by atoms with Gasteiger partial charge >= 0.3 is 0 Å². The number of nitrogens with zero attached hydrogens (tertiary/aromatic N) is 3. The fraction of sp³-hybridized carbons (Fsp3) is 0. The minimum absolute atomic E-state index is 0.0642. The summed E-state index contributed by atoms with van der Waals surface area (Å²) >= 11 is 8.04. The molecule has 8 heteroatoms. The molecule has 0 saturated heterocycles. The SMILES string of the molecule is O=S(=O)(c1ccccc1)n1c(-c2nc(Cl)ncc2I)cc2ccccc21. The molecule has 4 aromatic rings.